The van der Waals surface area contributed by atoms with Gasteiger partial charge in [-0.25, -0.2) is 4.39 Å². The number of nitrogens with zero attached hydrogens (tertiary/aromatic N) is 4. The second kappa shape index (κ2) is 7.33. The van der Waals surface area contributed by atoms with Crippen LogP contribution < -0.4 is 5.32 Å². The highest BCUT2D eigenvalue weighted by Gasteiger charge is 2.12. The first kappa shape index (κ1) is 16.8. The molecular weight excluding hydrogens is 345 g/mol. The van der Waals surface area contributed by atoms with Crippen molar-refractivity contribution >= 4 is 5.82 Å². The quantitative estimate of drug-likeness (QED) is 0.572. The van der Waals surface area contributed by atoms with Gasteiger partial charge in [0.25, 0.3) is 5.89 Å². The van der Waals surface area contributed by atoms with E-state index in [4.69, 9.17) is 4.52 Å². The van der Waals surface area contributed by atoms with Crippen LogP contribution in [0.2, 0.25) is 0 Å². The summed E-state index contributed by atoms with van der Waals surface area (Å²) in [4.78, 5) is 4.29. The fourth-order valence-electron chi connectivity index (χ4n) is 2.58. The SMILES string of the molecule is Cc1ccccc1CNc1ccc(-c2nc(-c3ccc(F)cc3)no2)nn1. The molecule has 2 heterocycles. The molecule has 2 aromatic carbocycles. The van der Waals surface area contributed by atoms with E-state index in [-0.39, 0.29) is 11.7 Å². The molecule has 2 aromatic heterocycles. The van der Waals surface area contributed by atoms with Crippen LogP contribution in [0.15, 0.2) is 65.2 Å². The molecule has 0 amide bonds. The van der Waals surface area contributed by atoms with Gasteiger partial charge in [0.2, 0.25) is 5.82 Å². The Hall–Kier alpha value is -3.61. The minimum absolute atomic E-state index is 0.257. The van der Waals surface area contributed by atoms with Crippen molar-refractivity contribution in [1.82, 2.24) is 20.3 Å². The van der Waals surface area contributed by atoms with E-state index < -0.39 is 0 Å². The van der Waals surface area contributed by atoms with Crippen molar-refractivity contribution < 1.29 is 8.91 Å². The predicted molar refractivity (Wildman–Crippen MR) is 99.2 cm³/mol. The summed E-state index contributed by atoms with van der Waals surface area (Å²) >= 11 is 0. The molecule has 0 bridgehead atoms. The summed E-state index contributed by atoms with van der Waals surface area (Å²) in [7, 11) is 0. The Labute approximate surface area is 155 Å². The maximum absolute atomic E-state index is 13.0. The van der Waals surface area contributed by atoms with Crippen LogP contribution in [0.4, 0.5) is 10.2 Å². The molecule has 0 aliphatic heterocycles. The molecule has 4 aromatic rings. The Balaban J connectivity index is 1.46. The van der Waals surface area contributed by atoms with Crippen LogP contribution in [0, 0.1) is 12.7 Å². The van der Waals surface area contributed by atoms with Gasteiger partial charge in [-0.15, -0.1) is 10.2 Å². The summed E-state index contributed by atoms with van der Waals surface area (Å²) in [5, 5.41) is 15.4. The van der Waals surface area contributed by atoms with E-state index in [0.717, 1.165) is 0 Å². The molecule has 1 N–H and O–H groups in total. The van der Waals surface area contributed by atoms with Crippen molar-refractivity contribution in [3.05, 3.63) is 77.6 Å². The molecule has 0 aliphatic carbocycles. The number of halogens is 1. The van der Waals surface area contributed by atoms with E-state index in [2.05, 4.69) is 44.7 Å². The summed E-state index contributed by atoms with van der Waals surface area (Å²) in [5.74, 6) is 0.961. The third kappa shape index (κ3) is 3.82. The summed E-state index contributed by atoms with van der Waals surface area (Å²) < 4.78 is 18.3. The van der Waals surface area contributed by atoms with Crippen molar-refractivity contribution in [1.29, 1.82) is 0 Å². The normalized spacial score (nSPS) is 10.7. The molecule has 0 fully saturated rings. The average Bonchev–Trinajstić information content (AvgIpc) is 3.18. The van der Waals surface area contributed by atoms with Gasteiger partial charge in [-0.3, -0.25) is 0 Å². The molecule has 0 atom stereocenters. The maximum atomic E-state index is 13.0. The van der Waals surface area contributed by atoms with Crippen molar-refractivity contribution in [2.45, 2.75) is 13.5 Å². The fraction of sp³-hybridized carbons (Fsp3) is 0.100. The number of nitrogens with one attached hydrogen (secondary N) is 1. The van der Waals surface area contributed by atoms with Crippen LogP contribution >= 0.6 is 0 Å². The molecule has 134 valence electrons. The Kier molecular flexibility index (Phi) is 4.57. The van der Waals surface area contributed by atoms with Gasteiger partial charge in [-0.1, -0.05) is 29.4 Å². The highest BCUT2D eigenvalue weighted by atomic mass is 19.1. The van der Waals surface area contributed by atoms with E-state index in [1.54, 1.807) is 18.2 Å². The molecule has 7 heteroatoms. The molecule has 0 spiro atoms. The lowest BCUT2D eigenvalue weighted by Crippen LogP contribution is -2.03. The van der Waals surface area contributed by atoms with Crippen molar-refractivity contribution in [2.24, 2.45) is 0 Å². The predicted octanol–water partition coefficient (Wildman–Crippen LogP) is 4.25. The number of aryl methyl sites for hydroxylation is 1. The first-order valence-corrected chi connectivity index (χ1v) is 8.41. The first-order valence-electron chi connectivity index (χ1n) is 8.41. The number of rotatable bonds is 5. The zero-order valence-corrected chi connectivity index (χ0v) is 14.6. The average molecular weight is 361 g/mol. The van der Waals surface area contributed by atoms with Gasteiger partial charge in [0, 0.05) is 12.1 Å². The van der Waals surface area contributed by atoms with Crippen molar-refractivity contribution in [2.75, 3.05) is 5.32 Å². The number of anilines is 1. The van der Waals surface area contributed by atoms with Gasteiger partial charge in [0.05, 0.1) is 0 Å². The van der Waals surface area contributed by atoms with Gasteiger partial charge in [-0.2, -0.15) is 4.98 Å². The summed E-state index contributed by atoms with van der Waals surface area (Å²) in [6.45, 7) is 2.73. The largest absolute Gasteiger partial charge is 0.364 e. The molecule has 0 aliphatic rings. The number of aromatic nitrogens is 4. The third-order valence-corrected chi connectivity index (χ3v) is 4.13. The molecular formula is C20H16FN5O. The number of hydrogen-bond acceptors (Lipinski definition) is 6. The minimum Gasteiger partial charge on any atom is -0.364 e. The second-order valence-electron chi connectivity index (χ2n) is 6.01. The van der Waals surface area contributed by atoms with Crippen LogP contribution in [0.5, 0.6) is 0 Å². The van der Waals surface area contributed by atoms with E-state index in [1.165, 1.54) is 23.3 Å². The van der Waals surface area contributed by atoms with Crippen LogP contribution in [0.1, 0.15) is 11.1 Å². The number of hydrogen-bond donors (Lipinski definition) is 1. The smallest absolute Gasteiger partial charge is 0.278 e. The van der Waals surface area contributed by atoms with Gasteiger partial charge < -0.3 is 9.84 Å². The Morgan fingerprint density at radius 2 is 1.78 bits per heavy atom. The van der Waals surface area contributed by atoms with Gasteiger partial charge in [-0.05, 0) is 54.4 Å². The Morgan fingerprint density at radius 1 is 0.963 bits per heavy atom. The topological polar surface area (TPSA) is 76.7 Å². The van der Waals surface area contributed by atoms with Crippen LogP contribution in [0.3, 0.4) is 0 Å². The van der Waals surface area contributed by atoms with Crippen LogP contribution in [0.25, 0.3) is 23.0 Å². The lowest BCUT2D eigenvalue weighted by atomic mass is 10.1. The van der Waals surface area contributed by atoms with E-state index in [1.807, 2.05) is 18.2 Å². The molecule has 0 saturated carbocycles. The molecule has 0 unspecified atom stereocenters. The fourth-order valence-corrected chi connectivity index (χ4v) is 2.58. The lowest BCUT2D eigenvalue weighted by molar-refractivity contribution is 0.430. The van der Waals surface area contributed by atoms with E-state index in [9.17, 15) is 4.39 Å². The van der Waals surface area contributed by atoms with Crippen LogP contribution in [-0.4, -0.2) is 20.3 Å². The summed E-state index contributed by atoms with van der Waals surface area (Å²) in [5.41, 5.74) is 3.55. The Morgan fingerprint density at radius 3 is 2.52 bits per heavy atom. The Bertz CT molecular complexity index is 1040. The monoisotopic (exact) mass is 361 g/mol. The molecule has 0 radical (unpaired) electrons. The van der Waals surface area contributed by atoms with Gasteiger partial charge in [0.15, 0.2) is 5.69 Å². The van der Waals surface area contributed by atoms with E-state index >= 15 is 0 Å². The van der Waals surface area contributed by atoms with E-state index in [0.29, 0.717) is 29.4 Å². The first-order chi connectivity index (χ1) is 13.2. The minimum atomic E-state index is -0.317. The highest BCUT2D eigenvalue weighted by molar-refractivity contribution is 5.58. The van der Waals surface area contributed by atoms with Gasteiger partial charge >= 0.3 is 0 Å². The summed E-state index contributed by atoms with van der Waals surface area (Å²) in [6.07, 6.45) is 0. The van der Waals surface area contributed by atoms with Gasteiger partial charge in [0.1, 0.15) is 11.6 Å². The maximum Gasteiger partial charge on any atom is 0.278 e. The molecule has 27 heavy (non-hydrogen) atoms. The highest BCUT2D eigenvalue weighted by Crippen LogP contribution is 2.21. The second-order valence-corrected chi connectivity index (χ2v) is 6.01. The van der Waals surface area contributed by atoms with Crippen molar-refractivity contribution in [3.8, 4) is 23.0 Å². The van der Waals surface area contributed by atoms with Crippen molar-refractivity contribution in [3.63, 3.8) is 0 Å². The molecule has 6 nitrogen and oxygen atoms in total. The number of benzene rings is 2. The molecule has 4 rings (SSSR count). The zero-order valence-electron chi connectivity index (χ0n) is 14.6. The molecule has 0 saturated heterocycles. The lowest BCUT2D eigenvalue weighted by Gasteiger charge is -2.07. The standard InChI is InChI=1S/C20H16FN5O/c1-13-4-2-3-5-15(13)12-22-18-11-10-17(24-25-18)20-23-19(26-27-20)14-6-8-16(21)9-7-14/h2-11H,12H2,1H3,(H,22,25). The zero-order chi connectivity index (χ0) is 18.6. The third-order valence-electron chi connectivity index (χ3n) is 4.13. The summed E-state index contributed by atoms with van der Waals surface area (Å²) in [6, 6.07) is 17.6. The van der Waals surface area contributed by atoms with Crippen LogP contribution in [-0.2, 0) is 6.54 Å².